The van der Waals surface area contributed by atoms with Crippen LogP contribution in [0.2, 0.25) is 0 Å². The molecule has 1 saturated heterocycles. The highest BCUT2D eigenvalue weighted by atomic mass is 35.5. The predicted molar refractivity (Wildman–Crippen MR) is 85.0 cm³/mol. The molecule has 1 aromatic rings. The van der Waals surface area contributed by atoms with Crippen molar-refractivity contribution in [1.29, 1.82) is 0 Å². The van der Waals surface area contributed by atoms with E-state index in [9.17, 15) is 4.79 Å². The molecular formula is C16H25ClN2O. The minimum atomic E-state index is 0. The highest BCUT2D eigenvalue weighted by molar-refractivity contribution is 5.94. The normalized spacial score (nSPS) is 16.1. The third-order valence-electron chi connectivity index (χ3n) is 4.21. The highest BCUT2D eigenvalue weighted by Crippen LogP contribution is 2.25. The zero-order chi connectivity index (χ0) is 13.8. The van der Waals surface area contributed by atoms with E-state index in [0.717, 1.165) is 48.9 Å². The number of likely N-dealkylation sites (tertiary alicyclic amines) is 1. The molecule has 1 fully saturated rings. The molecule has 1 aliphatic heterocycles. The average Bonchev–Trinajstić information content (AvgIpc) is 2.46. The molecule has 1 aliphatic rings. The third kappa shape index (κ3) is 3.97. The number of amides is 1. The first kappa shape index (κ1) is 17.0. The Balaban J connectivity index is 0.00000200. The van der Waals surface area contributed by atoms with Gasteiger partial charge in [0.2, 0.25) is 0 Å². The van der Waals surface area contributed by atoms with Crippen LogP contribution in [0.4, 0.5) is 0 Å². The van der Waals surface area contributed by atoms with Crippen LogP contribution in [-0.2, 0) is 6.54 Å². The van der Waals surface area contributed by atoms with E-state index >= 15 is 0 Å². The van der Waals surface area contributed by atoms with Gasteiger partial charge in [-0.05, 0) is 42.4 Å². The van der Waals surface area contributed by atoms with Gasteiger partial charge in [0.1, 0.15) is 0 Å². The van der Waals surface area contributed by atoms with Gasteiger partial charge in [-0.3, -0.25) is 4.79 Å². The molecule has 0 aliphatic carbocycles. The monoisotopic (exact) mass is 296 g/mol. The van der Waals surface area contributed by atoms with Crippen LogP contribution in [0.25, 0.3) is 0 Å². The van der Waals surface area contributed by atoms with E-state index in [1.807, 2.05) is 29.2 Å². The summed E-state index contributed by atoms with van der Waals surface area (Å²) in [7, 11) is 0. The maximum atomic E-state index is 12.4. The summed E-state index contributed by atoms with van der Waals surface area (Å²) in [5.41, 5.74) is 7.41. The number of hydrogen-bond acceptors (Lipinski definition) is 2. The molecular weight excluding hydrogens is 272 g/mol. The summed E-state index contributed by atoms with van der Waals surface area (Å²) >= 11 is 0. The summed E-state index contributed by atoms with van der Waals surface area (Å²) in [6.07, 6.45) is 2.26. The van der Waals surface area contributed by atoms with E-state index in [0.29, 0.717) is 6.54 Å². The summed E-state index contributed by atoms with van der Waals surface area (Å²) in [5.74, 6) is 1.65. The first-order chi connectivity index (χ1) is 9.11. The number of carbonyl (C=O) groups excluding carboxylic acids is 1. The molecule has 20 heavy (non-hydrogen) atoms. The summed E-state index contributed by atoms with van der Waals surface area (Å²) in [6.45, 7) is 6.84. The summed E-state index contributed by atoms with van der Waals surface area (Å²) in [4.78, 5) is 14.4. The molecule has 1 amide bonds. The predicted octanol–water partition coefficient (Wildman–Crippen LogP) is 3.08. The van der Waals surface area contributed by atoms with Crippen LogP contribution in [0, 0.1) is 11.8 Å². The van der Waals surface area contributed by atoms with Gasteiger partial charge in [0.15, 0.2) is 0 Å². The van der Waals surface area contributed by atoms with Crippen LogP contribution in [0.1, 0.15) is 42.6 Å². The molecule has 0 saturated carbocycles. The van der Waals surface area contributed by atoms with E-state index in [4.69, 9.17) is 5.73 Å². The quantitative estimate of drug-likeness (QED) is 0.932. The van der Waals surface area contributed by atoms with Crippen LogP contribution in [0.3, 0.4) is 0 Å². The number of piperidine rings is 1. The molecule has 1 aromatic carbocycles. The lowest BCUT2D eigenvalue weighted by molar-refractivity contribution is 0.0667. The minimum absolute atomic E-state index is 0. The molecule has 0 bridgehead atoms. The average molecular weight is 297 g/mol. The van der Waals surface area contributed by atoms with Gasteiger partial charge in [0, 0.05) is 25.2 Å². The Labute approximate surface area is 127 Å². The van der Waals surface area contributed by atoms with Gasteiger partial charge < -0.3 is 10.6 Å². The van der Waals surface area contributed by atoms with Crippen molar-refractivity contribution in [3.8, 4) is 0 Å². The molecule has 0 unspecified atom stereocenters. The Morgan fingerprint density at radius 2 is 1.80 bits per heavy atom. The van der Waals surface area contributed by atoms with Gasteiger partial charge in [0.05, 0.1) is 0 Å². The largest absolute Gasteiger partial charge is 0.339 e. The van der Waals surface area contributed by atoms with Gasteiger partial charge in [-0.25, -0.2) is 0 Å². The van der Waals surface area contributed by atoms with Gasteiger partial charge in [-0.1, -0.05) is 26.0 Å². The van der Waals surface area contributed by atoms with Crippen molar-refractivity contribution in [1.82, 2.24) is 4.90 Å². The number of carbonyl (C=O) groups is 1. The Kier molecular flexibility index (Phi) is 6.50. The van der Waals surface area contributed by atoms with Crippen LogP contribution >= 0.6 is 12.4 Å². The molecule has 4 heteroatoms. The lowest BCUT2D eigenvalue weighted by atomic mass is 9.86. The van der Waals surface area contributed by atoms with E-state index < -0.39 is 0 Å². The Morgan fingerprint density at radius 3 is 2.25 bits per heavy atom. The molecule has 112 valence electrons. The van der Waals surface area contributed by atoms with Crippen molar-refractivity contribution in [3.63, 3.8) is 0 Å². The second-order valence-electron chi connectivity index (χ2n) is 5.77. The second-order valence-corrected chi connectivity index (χ2v) is 5.77. The topological polar surface area (TPSA) is 46.3 Å². The van der Waals surface area contributed by atoms with Gasteiger partial charge in [0.25, 0.3) is 5.91 Å². The third-order valence-corrected chi connectivity index (χ3v) is 4.21. The number of benzene rings is 1. The molecule has 2 rings (SSSR count). The van der Waals surface area contributed by atoms with Crippen LogP contribution in [0.15, 0.2) is 24.3 Å². The second kappa shape index (κ2) is 7.65. The first-order valence-corrected chi connectivity index (χ1v) is 7.20. The number of nitrogens with zero attached hydrogens (tertiary/aromatic N) is 1. The number of hydrogen-bond donors (Lipinski definition) is 1. The number of rotatable bonds is 3. The summed E-state index contributed by atoms with van der Waals surface area (Å²) < 4.78 is 0. The van der Waals surface area contributed by atoms with Crippen molar-refractivity contribution < 1.29 is 4.79 Å². The molecule has 0 radical (unpaired) electrons. The molecule has 3 nitrogen and oxygen atoms in total. The maximum Gasteiger partial charge on any atom is 0.253 e. The highest BCUT2D eigenvalue weighted by Gasteiger charge is 2.24. The van der Waals surface area contributed by atoms with Crippen molar-refractivity contribution in [2.45, 2.75) is 33.2 Å². The first-order valence-electron chi connectivity index (χ1n) is 7.20. The number of nitrogens with two attached hydrogens (primary N) is 1. The Hall–Kier alpha value is -1.06. The Morgan fingerprint density at radius 1 is 1.25 bits per heavy atom. The lowest BCUT2D eigenvalue weighted by Crippen LogP contribution is -2.39. The van der Waals surface area contributed by atoms with Crippen molar-refractivity contribution in [3.05, 3.63) is 35.4 Å². The van der Waals surface area contributed by atoms with Crippen molar-refractivity contribution >= 4 is 18.3 Å². The summed E-state index contributed by atoms with van der Waals surface area (Å²) in [6, 6.07) is 7.65. The van der Waals surface area contributed by atoms with Crippen molar-refractivity contribution in [2.75, 3.05) is 13.1 Å². The molecule has 1 heterocycles. The van der Waals surface area contributed by atoms with E-state index in [2.05, 4.69) is 13.8 Å². The van der Waals surface area contributed by atoms with Crippen LogP contribution in [0.5, 0.6) is 0 Å². The van der Waals surface area contributed by atoms with Crippen LogP contribution < -0.4 is 5.73 Å². The minimum Gasteiger partial charge on any atom is -0.339 e. The van der Waals surface area contributed by atoms with Gasteiger partial charge >= 0.3 is 0 Å². The molecule has 0 aromatic heterocycles. The maximum absolute atomic E-state index is 12.4. The SMILES string of the molecule is CC(C)C1CCN(C(=O)c2ccc(CN)cc2)CC1.Cl. The molecule has 0 spiro atoms. The fourth-order valence-corrected chi connectivity index (χ4v) is 2.74. The smallest absolute Gasteiger partial charge is 0.253 e. The zero-order valence-electron chi connectivity index (χ0n) is 12.3. The zero-order valence-corrected chi connectivity index (χ0v) is 13.2. The summed E-state index contributed by atoms with van der Waals surface area (Å²) in [5, 5.41) is 0. The fourth-order valence-electron chi connectivity index (χ4n) is 2.74. The van der Waals surface area contributed by atoms with Crippen LogP contribution in [-0.4, -0.2) is 23.9 Å². The fraction of sp³-hybridized carbons (Fsp3) is 0.562. The number of halogens is 1. The van der Waals surface area contributed by atoms with E-state index in [-0.39, 0.29) is 18.3 Å². The van der Waals surface area contributed by atoms with E-state index in [1.54, 1.807) is 0 Å². The lowest BCUT2D eigenvalue weighted by Gasteiger charge is -2.34. The standard InChI is InChI=1S/C16H24N2O.ClH/c1-12(2)14-7-9-18(10-8-14)16(19)15-5-3-13(11-17)4-6-15;/h3-6,12,14H,7-11,17H2,1-2H3;1H. The van der Waals surface area contributed by atoms with Crippen molar-refractivity contribution in [2.24, 2.45) is 17.6 Å². The molecule has 0 atom stereocenters. The van der Waals surface area contributed by atoms with Gasteiger partial charge in [-0.2, -0.15) is 0 Å². The van der Waals surface area contributed by atoms with E-state index in [1.165, 1.54) is 0 Å². The van der Waals surface area contributed by atoms with Gasteiger partial charge in [-0.15, -0.1) is 12.4 Å². The molecule has 2 N–H and O–H groups in total. The Bertz CT molecular complexity index is 423.